The third-order valence-corrected chi connectivity index (χ3v) is 4.77. The first-order chi connectivity index (χ1) is 12.7. The molecule has 2 amide bonds. The Morgan fingerprint density at radius 3 is 2.46 bits per heavy atom. The average molecular weight is 351 g/mol. The number of aromatic nitrogens is 1. The lowest BCUT2D eigenvalue weighted by atomic mass is 10.0. The van der Waals surface area contributed by atoms with E-state index in [-0.39, 0.29) is 17.9 Å². The van der Waals surface area contributed by atoms with Crippen LogP contribution in [-0.4, -0.2) is 40.8 Å². The summed E-state index contributed by atoms with van der Waals surface area (Å²) in [7, 11) is 0. The Morgan fingerprint density at radius 2 is 1.77 bits per heavy atom. The Balaban J connectivity index is 1.38. The molecule has 0 bridgehead atoms. The first-order valence-corrected chi connectivity index (χ1v) is 9.20. The number of nitrogens with zero attached hydrogens (tertiary/aromatic N) is 2. The van der Waals surface area contributed by atoms with Crippen LogP contribution in [0.1, 0.15) is 30.4 Å². The maximum atomic E-state index is 12.4. The lowest BCUT2D eigenvalue weighted by molar-refractivity contribution is -0.132. The molecule has 0 unspecified atom stereocenters. The van der Waals surface area contributed by atoms with Crippen molar-refractivity contribution in [3.8, 4) is 0 Å². The van der Waals surface area contributed by atoms with Crippen molar-refractivity contribution >= 4 is 11.8 Å². The van der Waals surface area contributed by atoms with Gasteiger partial charge in [0.25, 0.3) is 0 Å². The van der Waals surface area contributed by atoms with E-state index in [1.54, 1.807) is 6.20 Å². The van der Waals surface area contributed by atoms with Crippen molar-refractivity contribution < 1.29 is 9.59 Å². The summed E-state index contributed by atoms with van der Waals surface area (Å²) in [5.41, 5.74) is 2.11. The molecule has 136 valence electrons. The number of benzene rings is 1. The first kappa shape index (κ1) is 18.1. The van der Waals surface area contributed by atoms with E-state index in [1.807, 2.05) is 53.6 Å². The maximum Gasteiger partial charge on any atom is 0.224 e. The van der Waals surface area contributed by atoms with Gasteiger partial charge in [0.05, 0.1) is 6.42 Å². The monoisotopic (exact) mass is 351 g/mol. The minimum atomic E-state index is 0.0533. The van der Waals surface area contributed by atoms with Crippen LogP contribution in [0.25, 0.3) is 0 Å². The zero-order valence-corrected chi connectivity index (χ0v) is 14.9. The van der Waals surface area contributed by atoms with Gasteiger partial charge in [0.2, 0.25) is 11.8 Å². The molecule has 2 aromatic rings. The molecule has 0 radical (unpaired) electrons. The molecule has 5 heteroatoms. The Labute approximate surface area is 154 Å². The molecule has 1 aromatic carbocycles. The molecular formula is C21H25N3O2. The van der Waals surface area contributed by atoms with Crippen molar-refractivity contribution in [1.82, 2.24) is 15.2 Å². The number of rotatable bonds is 6. The molecule has 1 fully saturated rings. The van der Waals surface area contributed by atoms with Crippen LogP contribution < -0.4 is 5.32 Å². The molecule has 0 spiro atoms. The van der Waals surface area contributed by atoms with Gasteiger partial charge in [0.1, 0.15) is 0 Å². The number of amides is 2. The van der Waals surface area contributed by atoms with Gasteiger partial charge in [-0.15, -0.1) is 0 Å². The summed E-state index contributed by atoms with van der Waals surface area (Å²) in [6.45, 7) is 1.42. The summed E-state index contributed by atoms with van der Waals surface area (Å²) < 4.78 is 0. The number of hydrogen-bond donors (Lipinski definition) is 1. The number of piperidine rings is 1. The Bertz CT molecular complexity index is 711. The molecule has 1 saturated heterocycles. The predicted octanol–water partition coefficient (Wildman–Crippen LogP) is 2.36. The zero-order valence-electron chi connectivity index (χ0n) is 14.9. The van der Waals surface area contributed by atoms with E-state index in [4.69, 9.17) is 0 Å². The van der Waals surface area contributed by atoms with Gasteiger partial charge in [0, 0.05) is 37.9 Å². The van der Waals surface area contributed by atoms with Gasteiger partial charge in [-0.2, -0.15) is 0 Å². The van der Waals surface area contributed by atoms with E-state index in [9.17, 15) is 9.59 Å². The lowest BCUT2D eigenvalue weighted by Crippen LogP contribution is -2.46. The fourth-order valence-electron chi connectivity index (χ4n) is 3.29. The summed E-state index contributed by atoms with van der Waals surface area (Å²) in [6.07, 6.45) is 6.82. The van der Waals surface area contributed by atoms with Crippen LogP contribution in [0.2, 0.25) is 0 Å². The third kappa shape index (κ3) is 5.41. The second-order valence-electron chi connectivity index (χ2n) is 6.75. The summed E-state index contributed by atoms with van der Waals surface area (Å²) >= 11 is 0. The number of likely N-dealkylation sites (tertiary alicyclic amines) is 1. The second-order valence-corrected chi connectivity index (χ2v) is 6.75. The zero-order chi connectivity index (χ0) is 18.2. The summed E-state index contributed by atoms with van der Waals surface area (Å²) in [5, 5.41) is 3.10. The van der Waals surface area contributed by atoms with Crippen molar-refractivity contribution in [3.05, 3.63) is 66.0 Å². The summed E-state index contributed by atoms with van der Waals surface area (Å²) in [5.74, 6) is 0.237. The molecule has 3 rings (SSSR count). The molecule has 1 aliphatic heterocycles. The van der Waals surface area contributed by atoms with E-state index in [0.29, 0.717) is 25.9 Å². The molecule has 1 N–H and O–H groups in total. The normalized spacial score (nSPS) is 14.8. The minimum Gasteiger partial charge on any atom is -0.353 e. The molecular weight excluding hydrogens is 326 g/mol. The summed E-state index contributed by atoms with van der Waals surface area (Å²) in [6, 6.07) is 13.8. The van der Waals surface area contributed by atoms with E-state index in [0.717, 1.165) is 30.4 Å². The molecule has 2 heterocycles. The highest BCUT2D eigenvalue weighted by Gasteiger charge is 2.23. The SMILES string of the molecule is O=C(Cc1ccccc1)NC1CCN(C(=O)CCc2cccnc2)CC1. The molecule has 0 atom stereocenters. The fourth-order valence-corrected chi connectivity index (χ4v) is 3.29. The van der Waals surface area contributed by atoms with E-state index < -0.39 is 0 Å². The second kappa shape index (κ2) is 9.13. The van der Waals surface area contributed by atoms with E-state index in [2.05, 4.69) is 10.3 Å². The van der Waals surface area contributed by atoms with Gasteiger partial charge >= 0.3 is 0 Å². The smallest absolute Gasteiger partial charge is 0.224 e. The number of nitrogens with one attached hydrogen (secondary N) is 1. The number of aryl methyl sites for hydroxylation is 1. The van der Waals surface area contributed by atoms with Gasteiger partial charge in [-0.05, 0) is 36.5 Å². The standard InChI is InChI=1S/C21H25N3O2/c25-20(15-17-5-2-1-3-6-17)23-19-10-13-24(14-11-19)21(26)9-8-18-7-4-12-22-16-18/h1-7,12,16,19H,8-11,13-15H2,(H,23,25). The highest BCUT2D eigenvalue weighted by molar-refractivity contribution is 5.79. The number of carbonyl (C=O) groups is 2. The van der Waals surface area contributed by atoms with E-state index >= 15 is 0 Å². The van der Waals surface area contributed by atoms with Gasteiger partial charge in [-0.25, -0.2) is 0 Å². The quantitative estimate of drug-likeness (QED) is 0.869. The van der Waals surface area contributed by atoms with Gasteiger partial charge in [-0.3, -0.25) is 14.6 Å². The van der Waals surface area contributed by atoms with Crippen LogP contribution in [0.5, 0.6) is 0 Å². The molecule has 0 saturated carbocycles. The number of pyridine rings is 1. The van der Waals surface area contributed by atoms with Crippen LogP contribution in [0.4, 0.5) is 0 Å². The molecule has 0 aliphatic carbocycles. The maximum absolute atomic E-state index is 12.4. The number of carbonyl (C=O) groups excluding carboxylic acids is 2. The van der Waals surface area contributed by atoms with Crippen LogP contribution in [0, 0.1) is 0 Å². The molecule has 26 heavy (non-hydrogen) atoms. The topological polar surface area (TPSA) is 62.3 Å². The Hall–Kier alpha value is -2.69. The molecule has 5 nitrogen and oxygen atoms in total. The Kier molecular flexibility index (Phi) is 6.36. The highest BCUT2D eigenvalue weighted by atomic mass is 16.2. The van der Waals surface area contributed by atoms with Crippen molar-refractivity contribution in [1.29, 1.82) is 0 Å². The van der Waals surface area contributed by atoms with Gasteiger partial charge in [0.15, 0.2) is 0 Å². The Morgan fingerprint density at radius 1 is 1.04 bits per heavy atom. The van der Waals surface area contributed by atoms with Crippen molar-refractivity contribution in [2.24, 2.45) is 0 Å². The number of hydrogen-bond acceptors (Lipinski definition) is 3. The van der Waals surface area contributed by atoms with E-state index in [1.165, 1.54) is 0 Å². The van der Waals surface area contributed by atoms with Crippen molar-refractivity contribution in [3.63, 3.8) is 0 Å². The average Bonchev–Trinajstić information content (AvgIpc) is 2.68. The highest BCUT2D eigenvalue weighted by Crippen LogP contribution is 2.13. The van der Waals surface area contributed by atoms with Crippen molar-refractivity contribution in [2.45, 2.75) is 38.1 Å². The first-order valence-electron chi connectivity index (χ1n) is 9.20. The lowest BCUT2D eigenvalue weighted by Gasteiger charge is -2.32. The van der Waals surface area contributed by atoms with Gasteiger partial charge < -0.3 is 10.2 Å². The summed E-state index contributed by atoms with van der Waals surface area (Å²) in [4.78, 5) is 30.5. The van der Waals surface area contributed by atoms with Gasteiger partial charge in [-0.1, -0.05) is 36.4 Å². The minimum absolute atomic E-state index is 0.0533. The largest absolute Gasteiger partial charge is 0.353 e. The van der Waals surface area contributed by atoms with Crippen LogP contribution >= 0.6 is 0 Å². The van der Waals surface area contributed by atoms with Crippen LogP contribution in [0.3, 0.4) is 0 Å². The third-order valence-electron chi connectivity index (χ3n) is 4.77. The van der Waals surface area contributed by atoms with Crippen LogP contribution in [-0.2, 0) is 22.4 Å². The fraction of sp³-hybridized carbons (Fsp3) is 0.381. The van der Waals surface area contributed by atoms with Crippen LogP contribution in [0.15, 0.2) is 54.9 Å². The van der Waals surface area contributed by atoms with Crippen molar-refractivity contribution in [2.75, 3.05) is 13.1 Å². The predicted molar refractivity (Wildman–Crippen MR) is 100 cm³/mol. The molecule has 1 aromatic heterocycles. The molecule has 1 aliphatic rings.